The molecule has 3 aromatic rings. The predicted molar refractivity (Wildman–Crippen MR) is 137 cm³/mol. The summed E-state index contributed by atoms with van der Waals surface area (Å²) in [6.07, 6.45) is -0.280. The number of nitrogens with one attached hydrogen (secondary N) is 1. The van der Waals surface area contributed by atoms with Gasteiger partial charge in [-0.1, -0.05) is 48.5 Å². The standard InChI is InChI=1S/C27H28N4O5/c32-26(20-36-27(33)18-22-8-4-5-9-25(22)31(34)35)28-23-10-12-24(13-11-23)30-16-14-29(15-17-30)19-21-6-2-1-3-7-21/h1-13H,14-20H2,(H,28,32). The van der Waals surface area contributed by atoms with Gasteiger partial charge in [0.2, 0.25) is 0 Å². The molecule has 9 heteroatoms. The smallest absolute Gasteiger partial charge is 0.311 e. The first-order chi connectivity index (χ1) is 17.5. The number of nitrogens with zero attached hydrogens (tertiary/aromatic N) is 3. The van der Waals surface area contributed by atoms with Crippen LogP contribution >= 0.6 is 0 Å². The number of ether oxygens (including phenoxy) is 1. The molecule has 0 radical (unpaired) electrons. The van der Waals surface area contributed by atoms with Crippen molar-refractivity contribution in [1.82, 2.24) is 4.90 Å². The van der Waals surface area contributed by atoms with E-state index in [0.29, 0.717) is 5.69 Å². The van der Waals surface area contributed by atoms with E-state index in [-0.39, 0.29) is 17.7 Å². The second-order valence-electron chi connectivity index (χ2n) is 8.57. The molecule has 1 heterocycles. The van der Waals surface area contributed by atoms with Crippen LogP contribution in [0.2, 0.25) is 0 Å². The van der Waals surface area contributed by atoms with E-state index in [1.54, 1.807) is 6.07 Å². The lowest BCUT2D eigenvalue weighted by Crippen LogP contribution is -2.45. The summed E-state index contributed by atoms with van der Waals surface area (Å²) < 4.78 is 5.00. The largest absolute Gasteiger partial charge is 0.455 e. The number of anilines is 2. The van der Waals surface area contributed by atoms with Crippen LogP contribution in [0, 0.1) is 10.1 Å². The van der Waals surface area contributed by atoms with Crippen molar-refractivity contribution in [3.05, 3.63) is 100 Å². The van der Waals surface area contributed by atoms with E-state index in [1.165, 1.54) is 23.8 Å². The van der Waals surface area contributed by atoms with E-state index < -0.39 is 23.4 Å². The Morgan fingerprint density at radius 1 is 0.889 bits per heavy atom. The summed E-state index contributed by atoms with van der Waals surface area (Å²) in [6.45, 7) is 4.29. The molecule has 9 nitrogen and oxygen atoms in total. The van der Waals surface area contributed by atoms with E-state index in [2.05, 4.69) is 39.4 Å². The average Bonchev–Trinajstić information content (AvgIpc) is 2.89. The van der Waals surface area contributed by atoms with Gasteiger partial charge in [-0.05, 0) is 29.8 Å². The highest BCUT2D eigenvalue weighted by Crippen LogP contribution is 2.21. The Balaban J connectivity index is 1.20. The van der Waals surface area contributed by atoms with Crippen LogP contribution in [0.5, 0.6) is 0 Å². The normalized spacial score (nSPS) is 13.7. The van der Waals surface area contributed by atoms with Crippen molar-refractivity contribution in [1.29, 1.82) is 0 Å². The molecule has 4 rings (SSSR count). The zero-order valence-corrected chi connectivity index (χ0v) is 19.8. The van der Waals surface area contributed by atoms with Crippen LogP contribution in [0.25, 0.3) is 0 Å². The summed E-state index contributed by atoms with van der Waals surface area (Å²) >= 11 is 0. The number of hydrogen-bond donors (Lipinski definition) is 1. The summed E-state index contributed by atoms with van der Waals surface area (Å²) in [4.78, 5) is 39.5. The molecule has 1 aliphatic rings. The lowest BCUT2D eigenvalue weighted by atomic mass is 10.1. The molecule has 0 atom stereocenters. The number of rotatable bonds is 9. The van der Waals surface area contributed by atoms with Gasteiger partial charge in [-0.2, -0.15) is 0 Å². The highest BCUT2D eigenvalue weighted by Gasteiger charge is 2.19. The SMILES string of the molecule is O=C(COC(=O)Cc1ccccc1[N+](=O)[O-])Nc1ccc(N2CCN(Cc3ccccc3)CC2)cc1. The number of hydrogen-bond acceptors (Lipinski definition) is 7. The summed E-state index contributed by atoms with van der Waals surface area (Å²) in [7, 11) is 0. The number of carbonyl (C=O) groups is 2. The van der Waals surface area contributed by atoms with Gasteiger partial charge in [-0.15, -0.1) is 0 Å². The van der Waals surface area contributed by atoms with Gasteiger partial charge in [0.1, 0.15) is 0 Å². The van der Waals surface area contributed by atoms with Crippen molar-refractivity contribution in [3.63, 3.8) is 0 Å². The Bertz CT molecular complexity index is 1190. The van der Waals surface area contributed by atoms with Crippen molar-refractivity contribution in [2.75, 3.05) is 43.0 Å². The second-order valence-corrected chi connectivity index (χ2v) is 8.57. The summed E-state index contributed by atoms with van der Waals surface area (Å²) in [5, 5.41) is 13.8. The van der Waals surface area contributed by atoms with E-state index in [0.717, 1.165) is 38.4 Å². The third-order valence-corrected chi connectivity index (χ3v) is 6.02. The highest BCUT2D eigenvalue weighted by molar-refractivity contribution is 5.93. The number of nitro benzene ring substituents is 1. The van der Waals surface area contributed by atoms with E-state index in [4.69, 9.17) is 4.74 Å². The molecule has 0 bridgehead atoms. The Morgan fingerprint density at radius 3 is 2.25 bits per heavy atom. The predicted octanol–water partition coefficient (Wildman–Crippen LogP) is 3.64. The quantitative estimate of drug-likeness (QED) is 0.279. The first-order valence-corrected chi connectivity index (χ1v) is 11.8. The maximum atomic E-state index is 12.2. The number of esters is 1. The number of carbonyl (C=O) groups excluding carboxylic acids is 2. The summed E-state index contributed by atoms with van der Waals surface area (Å²) in [6, 6.07) is 24.0. The molecule has 0 aliphatic carbocycles. The maximum absolute atomic E-state index is 12.2. The van der Waals surface area contributed by atoms with E-state index in [1.807, 2.05) is 30.3 Å². The van der Waals surface area contributed by atoms with Gasteiger partial charge in [0.25, 0.3) is 11.6 Å². The van der Waals surface area contributed by atoms with Gasteiger partial charge < -0.3 is 15.0 Å². The van der Waals surface area contributed by atoms with Crippen LogP contribution in [0.15, 0.2) is 78.9 Å². The molecule has 0 unspecified atom stereocenters. The fraction of sp³-hybridized carbons (Fsp3) is 0.259. The highest BCUT2D eigenvalue weighted by atomic mass is 16.6. The van der Waals surface area contributed by atoms with Crippen molar-refractivity contribution in [2.24, 2.45) is 0 Å². The molecule has 1 aliphatic heterocycles. The summed E-state index contributed by atoms with van der Waals surface area (Å²) in [5.74, 6) is -1.19. The maximum Gasteiger partial charge on any atom is 0.311 e. The van der Waals surface area contributed by atoms with Crippen molar-refractivity contribution in [3.8, 4) is 0 Å². The number of piperazine rings is 1. The van der Waals surface area contributed by atoms with Crippen LogP contribution < -0.4 is 10.2 Å². The van der Waals surface area contributed by atoms with Gasteiger partial charge in [-0.3, -0.25) is 24.6 Å². The van der Waals surface area contributed by atoms with E-state index in [9.17, 15) is 19.7 Å². The molecule has 0 aromatic heterocycles. The zero-order valence-electron chi connectivity index (χ0n) is 19.8. The van der Waals surface area contributed by atoms with Crippen LogP contribution in [-0.2, 0) is 27.3 Å². The van der Waals surface area contributed by atoms with Crippen molar-refractivity contribution >= 4 is 28.9 Å². The molecule has 186 valence electrons. The van der Waals surface area contributed by atoms with E-state index >= 15 is 0 Å². The third-order valence-electron chi connectivity index (χ3n) is 6.02. The van der Waals surface area contributed by atoms with Crippen molar-refractivity contribution in [2.45, 2.75) is 13.0 Å². The number of nitro groups is 1. The minimum absolute atomic E-state index is 0.156. The fourth-order valence-corrected chi connectivity index (χ4v) is 4.15. The van der Waals surface area contributed by atoms with Gasteiger partial charge in [0, 0.05) is 55.7 Å². The Labute approximate surface area is 209 Å². The molecule has 1 fully saturated rings. The first-order valence-electron chi connectivity index (χ1n) is 11.8. The Kier molecular flexibility index (Phi) is 8.25. The Morgan fingerprint density at radius 2 is 1.56 bits per heavy atom. The van der Waals surface area contributed by atoms with Gasteiger partial charge in [0.05, 0.1) is 11.3 Å². The second kappa shape index (κ2) is 11.9. The lowest BCUT2D eigenvalue weighted by molar-refractivity contribution is -0.385. The van der Waals surface area contributed by atoms with Crippen LogP contribution in [-0.4, -0.2) is 54.5 Å². The van der Waals surface area contributed by atoms with Crippen molar-refractivity contribution < 1.29 is 19.2 Å². The number of amides is 1. The van der Waals surface area contributed by atoms with Crippen LogP contribution in [0.3, 0.4) is 0 Å². The zero-order chi connectivity index (χ0) is 25.3. The molecule has 3 aromatic carbocycles. The molecule has 0 saturated carbocycles. The third kappa shape index (κ3) is 6.89. The minimum atomic E-state index is -0.707. The molecule has 1 N–H and O–H groups in total. The van der Waals surface area contributed by atoms with Gasteiger partial charge >= 0.3 is 5.97 Å². The molecule has 0 spiro atoms. The van der Waals surface area contributed by atoms with Crippen LogP contribution in [0.1, 0.15) is 11.1 Å². The average molecular weight is 489 g/mol. The van der Waals surface area contributed by atoms with Crippen LogP contribution in [0.4, 0.5) is 17.1 Å². The Hall–Kier alpha value is -4.24. The fourth-order valence-electron chi connectivity index (χ4n) is 4.15. The topological polar surface area (TPSA) is 105 Å². The van der Waals surface area contributed by atoms with Gasteiger partial charge in [-0.25, -0.2) is 0 Å². The first kappa shape index (κ1) is 24.9. The molecular weight excluding hydrogens is 460 g/mol. The minimum Gasteiger partial charge on any atom is -0.455 e. The molecule has 36 heavy (non-hydrogen) atoms. The monoisotopic (exact) mass is 488 g/mol. The summed E-state index contributed by atoms with van der Waals surface area (Å²) in [5.41, 5.74) is 3.09. The number of benzene rings is 3. The molecular formula is C27H28N4O5. The molecule has 1 amide bonds. The lowest BCUT2D eigenvalue weighted by Gasteiger charge is -2.36. The molecule has 1 saturated heterocycles. The van der Waals surface area contributed by atoms with Gasteiger partial charge in [0.15, 0.2) is 6.61 Å². The number of para-hydroxylation sites is 1.